The van der Waals surface area contributed by atoms with Crippen LogP contribution >= 0.6 is 0 Å². The Bertz CT molecular complexity index is 1240. The average molecular weight is 500 g/mol. The van der Waals surface area contributed by atoms with Crippen molar-refractivity contribution in [2.24, 2.45) is 5.92 Å². The number of hydrogen-bond donors (Lipinski definition) is 2. The van der Waals surface area contributed by atoms with Gasteiger partial charge in [-0.15, -0.1) is 0 Å². The summed E-state index contributed by atoms with van der Waals surface area (Å²) in [6, 6.07) is 22.9. The van der Waals surface area contributed by atoms with E-state index in [9.17, 15) is 14.4 Å². The van der Waals surface area contributed by atoms with Gasteiger partial charge in [-0.1, -0.05) is 55.5 Å². The molecule has 3 aromatic rings. The first-order valence-electron chi connectivity index (χ1n) is 12.7. The number of hydrogen-bond acceptors (Lipinski definition) is 4. The molecule has 1 heterocycles. The molecule has 4 rings (SSSR count). The topological polar surface area (TPSA) is 87.7 Å². The number of amides is 3. The second kappa shape index (κ2) is 12.2. The fraction of sp³-hybridized carbons (Fsp3) is 0.300. The van der Waals surface area contributed by atoms with E-state index < -0.39 is 0 Å². The minimum atomic E-state index is -0.377. The number of carbonyl (C=O) groups is 3. The van der Waals surface area contributed by atoms with Crippen molar-refractivity contribution in [1.29, 1.82) is 0 Å². The molecule has 7 heteroatoms. The van der Waals surface area contributed by atoms with Crippen molar-refractivity contribution in [2.75, 3.05) is 29.9 Å². The van der Waals surface area contributed by atoms with Crippen LogP contribution in [0, 0.1) is 12.8 Å². The van der Waals surface area contributed by atoms with Gasteiger partial charge in [-0.25, -0.2) is 0 Å². The Morgan fingerprint density at radius 2 is 1.76 bits per heavy atom. The molecule has 3 amide bonds. The summed E-state index contributed by atoms with van der Waals surface area (Å²) in [6.07, 6.45) is 1.76. The Morgan fingerprint density at radius 1 is 1.00 bits per heavy atom. The molecule has 1 aliphatic heterocycles. The Hall–Kier alpha value is -4.13. The zero-order valence-electron chi connectivity index (χ0n) is 21.3. The minimum absolute atomic E-state index is 0.0822. The summed E-state index contributed by atoms with van der Waals surface area (Å²) in [5.41, 5.74) is 4.79. The Kier molecular flexibility index (Phi) is 8.56. The molecule has 1 aliphatic rings. The molecule has 0 unspecified atom stereocenters. The van der Waals surface area contributed by atoms with Crippen molar-refractivity contribution in [1.82, 2.24) is 5.32 Å². The molecule has 1 saturated heterocycles. The van der Waals surface area contributed by atoms with Crippen molar-refractivity contribution >= 4 is 29.1 Å². The molecule has 0 aliphatic carbocycles. The van der Waals surface area contributed by atoms with Crippen LogP contribution < -0.4 is 20.3 Å². The van der Waals surface area contributed by atoms with Crippen molar-refractivity contribution in [2.45, 2.75) is 33.1 Å². The van der Waals surface area contributed by atoms with Crippen LogP contribution in [-0.4, -0.2) is 37.4 Å². The third-order valence-electron chi connectivity index (χ3n) is 6.57. The van der Waals surface area contributed by atoms with Crippen LogP contribution in [0.15, 0.2) is 72.8 Å². The summed E-state index contributed by atoms with van der Waals surface area (Å²) in [5, 5.41) is 5.90. The largest absolute Gasteiger partial charge is 0.484 e. The van der Waals surface area contributed by atoms with Crippen molar-refractivity contribution in [3.63, 3.8) is 0 Å². The number of para-hydroxylation sites is 1. The summed E-state index contributed by atoms with van der Waals surface area (Å²) in [4.78, 5) is 39.3. The Labute approximate surface area is 217 Å². The van der Waals surface area contributed by atoms with Crippen LogP contribution in [0.1, 0.15) is 30.0 Å². The van der Waals surface area contributed by atoms with E-state index in [1.54, 1.807) is 29.2 Å². The van der Waals surface area contributed by atoms with E-state index >= 15 is 0 Å². The molecule has 3 aromatic carbocycles. The molecule has 192 valence electrons. The molecule has 0 bridgehead atoms. The molecule has 1 fully saturated rings. The number of benzene rings is 3. The summed E-state index contributed by atoms with van der Waals surface area (Å²) in [6.45, 7) is 4.78. The second-order valence-corrected chi connectivity index (χ2v) is 9.23. The van der Waals surface area contributed by atoms with Crippen LogP contribution in [0.2, 0.25) is 0 Å². The zero-order chi connectivity index (χ0) is 26.2. The zero-order valence-corrected chi connectivity index (χ0v) is 21.3. The molecular formula is C30H33N3O4. The normalized spacial score (nSPS) is 14.9. The number of ether oxygens (including phenoxy) is 1. The predicted octanol–water partition coefficient (Wildman–Crippen LogP) is 4.29. The number of nitrogens with one attached hydrogen (secondary N) is 2. The maximum Gasteiger partial charge on any atom is 0.262 e. The van der Waals surface area contributed by atoms with Crippen LogP contribution in [0.25, 0.3) is 0 Å². The van der Waals surface area contributed by atoms with Gasteiger partial charge in [-0.2, -0.15) is 0 Å². The molecule has 37 heavy (non-hydrogen) atoms. The quantitative estimate of drug-likeness (QED) is 0.436. The van der Waals surface area contributed by atoms with Gasteiger partial charge in [0.1, 0.15) is 5.75 Å². The van der Waals surface area contributed by atoms with E-state index in [1.807, 2.05) is 62.4 Å². The fourth-order valence-electron chi connectivity index (χ4n) is 4.50. The third kappa shape index (κ3) is 6.76. The highest BCUT2D eigenvalue weighted by Crippen LogP contribution is 2.27. The third-order valence-corrected chi connectivity index (χ3v) is 6.57. The Balaban J connectivity index is 1.26. The highest BCUT2D eigenvalue weighted by Gasteiger charge is 2.35. The molecule has 0 spiro atoms. The highest BCUT2D eigenvalue weighted by molar-refractivity contribution is 6.00. The molecule has 2 N–H and O–H groups in total. The maximum atomic E-state index is 12.6. The molecule has 0 saturated carbocycles. The lowest BCUT2D eigenvalue weighted by molar-refractivity contribution is -0.126. The summed E-state index contributed by atoms with van der Waals surface area (Å²) in [5.74, 6) is -0.263. The van der Waals surface area contributed by atoms with Crippen molar-refractivity contribution in [3.8, 4) is 5.75 Å². The maximum absolute atomic E-state index is 12.6. The van der Waals surface area contributed by atoms with E-state index in [0.717, 1.165) is 35.2 Å². The summed E-state index contributed by atoms with van der Waals surface area (Å²) >= 11 is 0. The smallest absolute Gasteiger partial charge is 0.262 e. The van der Waals surface area contributed by atoms with Crippen LogP contribution in [0.3, 0.4) is 0 Å². The van der Waals surface area contributed by atoms with Gasteiger partial charge in [-0.05, 0) is 60.7 Å². The van der Waals surface area contributed by atoms with Gasteiger partial charge in [0.05, 0.1) is 5.92 Å². The average Bonchev–Trinajstić information content (AvgIpc) is 3.31. The lowest BCUT2D eigenvalue weighted by Crippen LogP contribution is -2.34. The first-order valence-corrected chi connectivity index (χ1v) is 12.7. The van der Waals surface area contributed by atoms with Gasteiger partial charge in [0.2, 0.25) is 11.8 Å². The van der Waals surface area contributed by atoms with Gasteiger partial charge >= 0.3 is 0 Å². The van der Waals surface area contributed by atoms with Gasteiger partial charge < -0.3 is 20.3 Å². The van der Waals surface area contributed by atoms with E-state index in [0.29, 0.717) is 24.5 Å². The number of anilines is 2. The first kappa shape index (κ1) is 25.9. The van der Waals surface area contributed by atoms with Gasteiger partial charge in [-0.3, -0.25) is 14.4 Å². The monoisotopic (exact) mass is 499 g/mol. The molecule has 0 radical (unpaired) electrons. The molecule has 1 atom stereocenters. The lowest BCUT2D eigenvalue weighted by Gasteiger charge is -2.17. The predicted molar refractivity (Wildman–Crippen MR) is 145 cm³/mol. The minimum Gasteiger partial charge on any atom is -0.484 e. The Morgan fingerprint density at radius 3 is 2.49 bits per heavy atom. The van der Waals surface area contributed by atoms with Crippen LogP contribution in [0.4, 0.5) is 11.4 Å². The van der Waals surface area contributed by atoms with Gasteiger partial charge in [0.25, 0.3) is 5.91 Å². The van der Waals surface area contributed by atoms with E-state index in [-0.39, 0.29) is 36.7 Å². The molecule has 0 aromatic heterocycles. The summed E-state index contributed by atoms with van der Waals surface area (Å²) < 4.78 is 5.66. The molecule has 7 nitrogen and oxygen atoms in total. The van der Waals surface area contributed by atoms with E-state index in [2.05, 4.69) is 10.6 Å². The van der Waals surface area contributed by atoms with Gasteiger partial charge in [0, 0.05) is 30.9 Å². The number of nitrogens with zero attached hydrogens (tertiary/aromatic N) is 1. The highest BCUT2D eigenvalue weighted by atomic mass is 16.5. The number of aryl methyl sites for hydroxylation is 2. The second-order valence-electron chi connectivity index (χ2n) is 9.23. The van der Waals surface area contributed by atoms with E-state index in [4.69, 9.17) is 4.74 Å². The van der Waals surface area contributed by atoms with Crippen LogP contribution in [0.5, 0.6) is 5.75 Å². The van der Waals surface area contributed by atoms with Crippen LogP contribution in [-0.2, 0) is 27.2 Å². The number of rotatable bonds is 10. The number of carbonyl (C=O) groups excluding carboxylic acids is 3. The van der Waals surface area contributed by atoms with E-state index in [1.165, 1.54) is 0 Å². The van der Waals surface area contributed by atoms with Crippen molar-refractivity contribution < 1.29 is 19.1 Å². The molecular weight excluding hydrogens is 466 g/mol. The lowest BCUT2D eigenvalue weighted by atomic mass is 10.1. The van der Waals surface area contributed by atoms with Crippen molar-refractivity contribution in [3.05, 3.63) is 89.5 Å². The summed E-state index contributed by atoms with van der Waals surface area (Å²) in [7, 11) is 0. The van der Waals surface area contributed by atoms with Gasteiger partial charge in [0.15, 0.2) is 6.61 Å². The standard InChI is InChI=1S/C30H33N3O4/c1-3-23-11-7-8-21(2)29(23)32-27(34)20-37-26-14-12-25(13-15-26)33-19-24(18-28(33)35)30(36)31-17-16-22-9-5-4-6-10-22/h4-15,24H,3,16-20H2,1-2H3,(H,31,36)(H,32,34)/t24-/m0/s1. The first-order chi connectivity index (χ1) is 17.9. The fourth-order valence-corrected chi connectivity index (χ4v) is 4.50. The SMILES string of the molecule is CCc1cccc(C)c1NC(=O)COc1ccc(N2C[C@@H](C(=O)NCCc3ccccc3)CC2=O)cc1.